The fourth-order valence-corrected chi connectivity index (χ4v) is 2.56. The maximum absolute atomic E-state index is 12.9. The Morgan fingerprint density at radius 1 is 1.13 bits per heavy atom. The van der Waals surface area contributed by atoms with Gasteiger partial charge in [-0.1, -0.05) is 24.3 Å². The van der Waals surface area contributed by atoms with E-state index in [1.165, 1.54) is 12.1 Å². The molecule has 0 saturated carbocycles. The van der Waals surface area contributed by atoms with Crippen molar-refractivity contribution in [2.75, 3.05) is 18.4 Å². The lowest BCUT2D eigenvalue weighted by Gasteiger charge is -2.15. The minimum absolute atomic E-state index is 0.544. The number of anilines is 1. The highest BCUT2D eigenvalue weighted by Gasteiger charge is 2.30. The molecule has 3 nitrogen and oxygen atoms in total. The third-order valence-corrected chi connectivity index (χ3v) is 3.76. The number of nitrogens with zero attached hydrogens (tertiary/aromatic N) is 1. The van der Waals surface area contributed by atoms with E-state index >= 15 is 0 Å². The highest BCUT2D eigenvalue weighted by molar-refractivity contribution is 5.96. The van der Waals surface area contributed by atoms with Gasteiger partial charge in [0.1, 0.15) is 0 Å². The van der Waals surface area contributed by atoms with E-state index in [1.807, 2.05) is 25.1 Å². The van der Waals surface area contributed by atoms with E-state index in [0.29, 0.717) is 18.1 Å². The van der Waals surface area contributed by atoms with Gasteiger partial charge in [0, 0.05) is 12.2 Å². The fourth-order valence-electron chi connectivity index (χ4n) is 2.56. The zero-order valence-corrected chi connectivity index (χ0v) is 12.5. The van der Waals surface area contributed by atoms with Gasteiger partial charge in [-0.05, 0) is 41.8 Å². The number of hydrogen-bond acceptors (Lipinski definition) is 3. The van der Waals surface area contributed by atoms with Crippen molar-refractivity contribution in [1.29, 1.82) is 0 Å². The summed E-state index contributed by atoms with van der Waals surface area (Å²) in [5, 5.41) is 6.29. The molecule has 0 aliphatic carbocycles. The zero-order chi connectivity index (χ0) is 16.4. The van der Waals surface area contributed by atoms with Crippen LogP contribution >= 0.6 is 0 Å². The number of aliphatic imine (C=N–C) groups is 1. The molecule has 0 saturated heterocycles. The molecule has 2 N–H and O–H groups in total. The van der Waals surface area contributed by atoms with Crippen LogP contribution in [0, 0.1) is 6.92 Å². The molecule has 0 spiro atoms. The van der Waals surface area contributed by atoms with E-state index in [-0.39, 0.29) is 0 Å². The van der Waals surface area contributed by atoms with Gasteiger partial charge >= 0.3 is 6.18 Å². The van der Waals surface area contributed by atoms with Crippen LogP contribution in [0.15, 0.2) is 47.5 Å². The molecule has 2 aromatic rings. The summed E-state index contributed by atoms with van der Waals surface area (Å²) in [5.41, 5.74) is 2.37. The SMILES string of the molecule is Cc1c(NC2=NCCN2)cccc1-c1cccc(C(F)(F)F)c1. The van der Waals surface area contributed by atoms with Gasteiger partial charge in [0.05, 0.1) is 12.1 Å². The first-order valence-corrected chi connectivity index (χ1v) is 7.28. The number of guanidine groups is 1. The largest absolute Gasteiger partial charge is 0.416 e. The van der Waals surface area contributed by atoms with Crippen molar-refractivity contribution in [1.82, 2.24) is 5.32 Å². The number of hydrogen-bond donors (Lipinski definition) is 2. The van der Waals surface area contributed by atoms with Crippen molar-refractivity contribution in [3.05, 3.63) is 53.6 Å². The molecule has 120 valence electrons. The molecule has 0 radical (unpaired) electrons. The second kappa shape index (κ2) is 5.95. The highest BCUT2D eigenvalue weighted by atomic mass is 19.4. The maximum Gasteiger partial charge on any atom is 0.416 e. The molecule has 0 atom stereocenters. The standard InChI is InChI=1S/C17H16F3N3/c1-11-14(12-4-2-5-13(10-12)17(18,19)20)6-3-7-15(11)23-16-21-8-9-22-16/h2-7,10H,8-9H2,1H3,(H2,21,22,23). The smallest absolute Gasteiger partial charge is 0.354 e. The number of alkyl halides is 3. The Morgan fingerprint density at radius 2 is 1.91 bits per heavy atom. The van der Waals surface area contributed by atoms with Crippen LogP contribution in [0.4, 0.5) is 18.9 Å². The lowest BCUT2D eigenvalue weighted by Crippen LogP contribution is -2.26. The Labute approximate surface area is 132 Å². The first-order valence-electron chi connectivity index (χ1n) is 7.28. The molecule has 0 bridgehead atoms. The summed E-state index contributed by atoms with van der Waals surface area (Å²) in [7, 11) is 0. The molecular weight excluding hydrogens is 303 g/mol. The van der Waals surface area contributed by atoms with Gasteiger partial charge in [-0.15, -0.1) is 0 Å². The number of benzene rings is 2. The zero-order valence-electron chi connectivity index (χ0n) is 12.5. The van der Waals surface area contributed by atoms with E-state index in [1.54, 1.807) is 6.07 Å². The second-order valence-corrected chi connectivity index (χ2v) is 5.34. The third kappa shape index (κ3) is 3.31. The van der Waals surface area contributed by atoms with Crippen LogP contribution in [0.5, 0.6) is 0 Å². The first kappa shape index (κ1) is 15.4. The molecule has 6 heteroatoms. The van der Waals surface area contributed by atoms with E-state index in [4.69, 9.17) is 0 Å². The molecule has 0 unspecified atom stereocenters. The van der Waals surface area contributed by atoms with Gasteiger partial charge in [0.25, 0.3) is 0 Å². The Morgan fingerprint density at radius 3 is 2.61 bits per heavy atom. The van der Waals surface area contributed by atoms with Crippen LogP contribution < -0.4 is 10.6 Å². The molecule has 1 heterocycles. The number of halogens is 3. The average molecular weight is 319 g/mol. The van der Waals surface area contributed by atoms with Crippen molar-refractivity contribution in [2.24, 2.45) is 4.99 Å². The predicted octanol–water partition coefficient (Wildman–Crippen LogP) is 4.05. The second-order valence-electron chi connectivity index (χ2n) is 5.34. The van der Waals surface area contributed by atoms with Gasteiger partial charge in [0.15, 0.2) is 5.96 Å². The highest BCUT2D eigenvalue weighted by Crippen LogP contribution is 2.34. The van der Waals surface area contributed by atoms with Gasteiger partial charge in [-0.2, -0.15) is 13.2 Å². The molecule has 0 amide bonds. The number of rotatable bonds is 2. The van der Waals surface area contributed by atoms with Crippen LogP contribution in [0.25, 0.3) is 11.1 Å². The summed E-state index contributed by atoms with van der Waals surface area (Å²) < 4.78 is 38.7. The molecular formula is C17H16F3N3. The number of nitrogens with one attached hydrogen (secondary N) is 2. The molecule has 1 aliphatic heterocycles. The average Bonchev–Trinajstić information content (AvgIpc) is 3.02. The van der Waals surface area contributed by atoms with Gasteiger partial charge in [-0.25, -0.2) is 0 Å². The Kier molecular flexibility index (Phi) is 3.98. The van der Waals surface area contributed by atoms with Crippen molar-refractivity contribution >= 4 is 11.6 Å². The first-order chi connectivity index (χ1) is 10.9. The normalized spacial score (nSPS) is 14.3. The summed E-state index contributed by atoms with van der Waals surface area (Å²) >= 11 is 0. The van der Waals surface area contributed by atoms with Crippen LogP contribution in [-0.4, -0.2) is 19.0 Å². The Hall–Kier alpha value is -2.50. The predicted molar refractivity (Wildman–Crippen MR) is 85.5 cm³/mol. The Bertz CT molecular complexity index is 751. The minimum Gasteiger partial charge on any atom is -0.354 e. The van der Waals surface area contributed by atoms with Crippen molar-refractivity contribution < 1.29 is 13.2 Å². The van der Waals surface area contributed by atoms with Crippen LogP contribution in [0.2, 0.25) is 0 Å². The van der Waals surface area contributed by atoms with Crippen molar-refractivity contribution in [2.45, 2.75) is 13.1 Å². The van der Waals surface area contributed by atoms with Crippen molar-refractivity contribution in [3.8, 4) is 11.1 Å². The van der Waals surface area contributed by atoms with E-state index < -0.39 is 11.7 Å². The molecule has 0 aromatic heterocycles. The maximum atomic E-state index is 12.9. The van der Waals surface area contributed by atoms with E-state index in [0.717, 1.165) is 29.4 Å². The van der Waals surface area contributed by atoms with Gasteiger partial charge in [0.2, 0.25) is 0 Å². The van der Waals surface area contributed by atoms with Gasteiger partial charge < -0.3 is 10.6 Å². The van der Waals surface area contributed by atoms with Crippen LogP contribution in [-0.2, 0) is 6.18 Å². The van der Waals surface area contributed by atoms with Crippen molar-refractivity contribution in [3.63, 3.8) is 0 Å². The quantitative estimate of drug-likeness (QED) is 0.876. The summed E-state index contributed by atoms with van der Waals surface area (Å²) in [6, 6.07) is 10.9. The summed E-state index contributed by atoms with van der Waals surface area (Å²) in [6.45, 7) is 3.39. The lowest BCUT2D eigenvalue weighted by atomic mass is 9.97. The minimum atomic E-state index is -4.34. The molecule has 3 rings (SSSR count). The third-order valence-electron chi connectivity index (χ3n) is 3.76. The topological polar surface area (TPSA) is 36.4 Å². The molecule has 23 heavy (non-hydrogen) atoms. The fraction of sp³-hybridized carbons (Fsp3) is 0.235. The van der Waals surface area contributed by atoms with E-state index in [2.05, 4.69) is 15.6 Å². The molecule has 0 fully saturated rings. The van der Waals surface area contributed by atoms with Crippen LogP contribution in [0.1, 0.15) is 11.1 Å². The van der Waals surface area contributed by atoms with Crippen LogP contribution in [0.3, 0.4) is 0 Å². The summed E-state index contributed by atoms with van der Waals surface area (Å²) in [5.74, 6) is 0.689. The summed E-state index contributed by atoms with van der Waals surface area (Å²) in [4.78, 5) is 4.27. The van der Waals surface area contributed by atoms with E-state index in [9.17, 15) is 13.2 Å². The monoisotopic (exact) mass is 319 g/mol. The molecule has 1 aliphatic rings. The van der Waals surface area contributed by atoms with Gasteiger partial charge in [-0.3, -0.25) is 4.99 Å². The lowest BCUT2D eigenvalue weighted by molar-refractivity contribution is -0.137. The molecule has 2 aromatic carbocycles. The summed E-state index contributed by atoms with van der Waals surface area (Å²) in [6.07, 6.45) is -4.34. The Balaban J connectivity index is 1.97.